The first-order valence-electron chi connectivity index (χ1n) is 7.87. The van der Waals surface area contributed by atoms with Crippen LogP contribution in [0.5, 0.6) is 0 Å². The second kappa shape index (κ2) is 7.95. The van der Waals surface area contributed by atoms with Gasteiger partial charge in [-0.2, -0.15) is 0 Å². The van der Waals surface area contributed by atoms with Crippen molar-refractivity contribution in [2.75, 3.05) is 20.1 Å². The molecule has 1 aromatic carbocycles. The van der Waals surface area contributed by atoms with Crippen LogP contribution in [0.25, 0.3) is 0 Å². The molecule has 0 spiro atoms. The summed E-state index contributed by atoms with van der Waals surface area (Å²) in [6, 6.07) is 7.45. The first kappa shape index (κ1) is 17.3. The van der Waals surface area contributed by atoms with E-state index in [1.807, 2.05) is 43.1 Å². The fraction of sp³-hybridized carbons (Fsp3) is 0.588. The zero-order chi connectivity index (χ0) is 16.1. The molecule has 122 valence electrons. The quantitative estimate of drug-likeness (QED) is 0.845. The maximum absolute atomic E-state index is 12.1. The number of nitrogens with one attached hydrogen (secondary N) is 1. The van der Waals surface area contributed by atoms with Crippen LogP contribution in [0.1, 0.15) is 37.8 Å². The van der Waals surface area contributed by atoms with Crippen LogP contribution in [-0.2, 0) is 4.79 Å². The van der Waals surface area contributed by atoms with Gasteiger partial charge < -0.3 is 10.4 Å². The molecule has 3 atom stereocenters. The smallest absolute Gasteiger partial charge is 0.234 e. The van der Waals surface area contributed by atoms with Crippen molar-refractivity contribution in [3.05, 3.63) is 34.9 Å². The van der Waals surface area contributed by atoms with Crippen molar-refractivity contribution in [3.63, 3.8) is 0 Å². The minimum atomic E-state index is -0.210. The summed E-state index contributed by atoms with van der Waals surface area (Å²) >= 11 is 5.87. The van der Waals surface area contributed by atoms with E-state index in [9.17, 15) is 9.90 Å². The number of benzene rings is 1. The second-order valence-electron chi connectivity index (χ2n) is 6.30. The lowest BCUT2D eigenvalue weighted by molar-refractivity contribution is -0.122. The maximum Gasteiger partial charge on any atom is 0.234 e. The van der Waals surface area contributed by atoms with Crippen molar-refractivity contribution in [3.8, 4) is 0 Å². The Labute approximate surface area is 137 Å². The Hall–Kier alpha value is -1.10. The van der Waals surface area contributed by atoms with Crippen LogP contribution in [0.3, 0.4) is 0 Å². The van der Waals surface area contributed by atoms with Gasteiger partial charge in [0.1, 0.15) is 0 Å². The van der Waals surface area contributed by atoms with Crippen molar-refractivity contribution in [1.82, 2.24) is 10.2 Å². The monoisotopic (exact) mass is 324 g/mol. The average Bonchev–Trinajstić information content (AvgIpc) is 2.84. The molecule has 4 nitrogen and oxygen atoms in total. The Morgan fingerprint density at radius 3 is 2.68 bits per heavy atom. The molecule has 1 amide bonds. The highest BCUT2D eigenvalue weighted by atomic mass is 35.5. The van der Waals surface area contributed by atoms with Crippen LogP contribution >= 0.6 is 11.6 Å². The van der Waals surface area contributed by atoms with Crippen LogP contribution < -0.4 is 5.32 Å². The van der Waals surface area contributed by atoms with Gasteiger partial charge in [0, 0.05) is 11.6 Å². The van der Waals surface area contributed by atoms with Gasteiger partial charge in [-0.15, -0.1) is 0 Å². The molecule has 22 heavy (non-hydrogen) atoms. The molecule has 2 rings (SSSR count). The highest BCUT2D eigenvalue weighted by molar-refractivity contribution is 6.30. The summed E-state index contributed by atoms with van der Waals surface area (Å²) < 4.78 is 0. The molecule has 0 radical (unpaired) electrons. The van der Waals surface area contributed by atoms with Crippen LogP contribution in [0.4, 0.5) is 0 Å². The summed E-state index contributed by atoms with van der Waals surface area (Å²) in [5, 5.41) is 13.5. The lowest BCUT2D eigenvalue weighted by atomic mass is 10.1. The van der Waals surface area contributed by atoms with E-state index >= 15 is 0 Å². The van der Waals surface area contributed by atoms with Gasteiger partial charge in [-0.3, -0.25) is 9.69 Å². The number of hydrogen-bond donors (Lipinski definition) is 2. The predicted molar refractivity (Wildman–Crippen MR) is 88.9 cm³/mol. The van der Waals surface area contributed by atoms with Gasteiger partial charge in [-0.1, -0.05) is 30.2 Å². The number of hydrogen-bond acceptors (Lipinski definition) is 3. The first-order valence-corrected chi connectivity index (χ1v) is 8.25. The Kier molecular flexibility index (Phi) is 6.24. The number of aliphatic hydroxyl groups excluding tert-OH is 1. The third kappa shape index (κ3) is 4.97. The van der Waals surface area contributed by atoms with Gasteiger partial charge in [0.15, 0.2) is 0 Å². The molecule has 1 aliphatic rings. The van der Waals surface area contributed by atoms with Crippen LogP contribution in [0.15, 0.2) is 24.3 Å². The molecular formula is C17H25ClN2O2. The Morgan fingerprint density at radius 2 is 2.09 bits per heavy atom. The van der Waals surface area contributed by atoms with Crippen molar-refractivity contribution < 1.29 is 9.90 Å². The number of carbonyl (C=O) groups is 1. The molecule has 0 bridgehead atoms. The van der Waals surface area contributed by atoms with Gasteiger partial charge in [0.25, 0.3) is 0 Å². The average molecular weight is 325 g/mol. The number of carbonyl (C=O) groups excluding carboxylic acids is 1. The minimum absolute atomic E-state index is 0.00237. The van der Waals surface area contributed by atoms with E-state index in [1.54, 1.807) is 0 Å². The lowest BCUT2D eigenvalue weighted by Crippen LogP contribution is -2.39. The third-order valence-corrected chi connectivity index (χ3v) is 4.58. The fourth-order valence-electron chi connectivity index (χ4n) is 3.06. The highest BCUT2D eigenvalue weighted by Gasteiger charge is 2.26. The molecule has 0 saturated heterocycles. The largest absolute Gasteiger partial charge is 0.393 e. The number of likely N-dealkylation sites (N-methyl/N-ethyl adjacent to an activating group) is 1. The van der Waals surface area contributed by atoms with Crippen LogP contribution in [0.2, 0.25) is 5.02 Å². The van der Waals surface area contributed by atoms with Gasteiger partial charge >= 0.3 is 0 Å². The van der Waals surface area contributed by atoms with E-state index in [4.69, 9.17) is 11.6 Å². The zero-order valence-electron chi connectivity index (χ0n) is 13.3. The molecule has 3 unspecified atom stereocenters. The topological polar surface area (TPSA) is 52.6 Å². The molecule has 2 N–H and O–H groups in total. The summed E-state index contributed by atoms with van der Waals surface area (Å²) in [6.45, 7) is 3.08. The van der Waals surface area contributed by atoms with Gasteiger partial charge in [0.2, 0.25) is 5.91 Å². The van der Waals surface area contributed by atoms with E-state index in [-0.39, 0.29) is 18.1 Å². The number of halogens is 1. The second-order valence-corrected chi connectivity index (χ2v) is 6.73. The number of amides is 1. The van der Waals surface area contributed by atoms with Gasteiger partial charge in [-0.05, 0) is 50.4 Å². The summed E-state index contributed by atoms with van der Waals surface area (Å²) in [5.41, 5.74) is 1.03. The first-order chi connectivity index (χ1) is 10.5. The maximum atomic E-state index is 12.1. The standard InChI is InChI=1S/C17H25ClN2O2/c1-12(13-6-8-15(18)9-7-13)19-17(22)11-20(2)10-14-4-3-5-16(14)21/h6-9,12,14,16,21H,3-5,10-11H2,1-2H3,(H,19,22). The molecule has 1 saturated carbocycles. The molecule has 0 heterocycles. The Bertz CT molecular complexity index is 492. The van der Waals surface area contributed by atoms with E-state index in [0.717, 1.165) is 31.4 Å². The third-order valence-electron chi connectivity index (χ3n) is 4.33. The summed E-state index contributed by atoms with van der Waals surface area (Å²) in [5.74, 6) is 0.295. The van der Waals surface area contributed by atoms with Crippen molar-refractivity contribution >= 4 is 17.5 Å². The molecular weight excluding hydrogens is 300 g/mol. The van der Waals surface area contributed by atoms with E-state index in [1.165, 1.54) is 0 Å². The van der Waals surface area contributed by atoms with E-state index < -0.39 is 0 Å². The Balaban J connectivity index is 1.78. The van der Waals surface area contributed by atoms with Crippen molar-refractivity contribution in [1.29, 1.82) is 0 Å². The summed E-state index contributed by atoms with van der Waals surface area (Å²) in [4.78, 5) is 14.1. The highest BCUT2D eigenvalue weighted by Crippen LogP contribution is 2.25. The fourth-order valence-corrected chi connectivity index (χ4v) is 3.19. The zero-order valence-corrected chi connectivity index (χ0v) is 14.0. The summed E-state index contributed by atoms with van der Waals surface area (Å²) in [7, 11) is 1.93. The Morgan fingerprint density at radius 1 is 1.41 bits per heavy atom. The number of rotatable bonds is 6. The van der Waals surface area contributed by atoms with E-state index in [0.29, 0.717) is 17.5 Å². The molecule has 5 heteroatoms. The van der Waals surface area contributed by atoms with Crippen molar-refractivity contribution in [2.24, 2.45) is 5.92 Å². The van der Waals surface area contributed by atoms with Crippen molar-refractivity contribution in [2.45, 2.75) is 38.3 Å². The van der Waals surface area contributed by atoms with Crippen LogP contribution in [0, 0.1) is 5.92 Å². The van der Waals surface area contributed by atoms with Crippen LogP contribution in [-0.4, -0.2) is 42.2 Å². The number of aliphatic hydroxyl groups is 1. The number of nitrogens with zero attached hydrogens (tertiary/aromatic N) is 1. The van der Waals surface area contributed by atoms with Gasteiger partial charge in [-0.25, -0.2) is 0 Å². The molecule has 1 aliphatic carbocycles. The lowest BCUT2D eigenvalue weighted by Gasteiger charge is -2.23. The molecule has 1 fully saturated rings. The summed E-state index contributed by atoms with van der Waals surface area (Å²) in [6.07, 6.45) is 2.81. The molecule has 0 aromatic heterocycles. The predicted octanol–water partition coefficient (Wildman–Crippen LogP) is 2.61. The van der Waals surface area contributed by atoms with E-state index in [2.05, 4.69) is 5.32 Å². The molecule has 1 aromatic rings. The normalized spacial score (nSPS) is 22.8. The molecule has 0 aliphatic heterocycles. The van der Waals surface area contributed by atoms with Gasteiger partial charge in [0.05, 0.1) is 18.7 Å². The minimum Gasteiger partial charge on any atom is -0.393 e. The SMILES string of the molecule is CC(NC(=O)CN(C)CC1CCCC1O)c1ccc(Cl)cc1.